The van der Waals surface area contributed by atoms with Gasteiger partial charge in [0, 0.05) is 26.7 Å². The van der Waals surface area contributed by atoms with Crippen molar-refractivity contribution >= 4 is 17.8 Å². The van der Waals surface area contributed by atoms with Gasteiger partial charge in [-0.3, -0.25) is 14.9 Å². The molecular formula is C32H51N3O3. The largest absolute Gasteiger partial charge is 0.435 e. The molecule has 38 heavy (non-hydrogen) atoms. The van der Waals surface area contributed by atoms with Gasteiger partial charge in [-0.05, 0) is 84.9 Å². The second-order valence-corrected chi connectivity index (χ2v) is 14.4. The van der Waals surface area contributed by atoms with Gasteiger partial charge in [-0.2, -0.15) is 5.01 Å². The molecule has 3 saturated carbocycles. The Hall–Kier alpha value is -1.85. The van der Waals surface area contributed by atoms with Gasteiger partial charge in [0.25, 0.3) is 0 Å². The monoisotopic (exact) mass is 525 g/mol. The fourth-order valence-electron chi connectivity index (χ4n) is 9.89. The van der Waals surface area contributed by atoms with E-state index in [0.29, 0.717) is 17.8 Å². The summed E-state index contributed by atoms with van der Waals surface area (Å²) in [7, 11) is 0. The maximum absolute atomic E-state index is 12.6. The second kappa shape index (κ2) is 9.96. The molecule has 212 valence electrons. The predicted octanol–water partition coefficient (Wildman–Crippen LogP) is 7.01. The van der Waals surface area contributed by atoms with Crippen molar-refractivity contribution in [1.82, 2.24) is 10.3 Å². The normalized spacial score (nSPS) is 40.6. The predicted molar refractivity (Wildman–Crippen MR) is 151 cm³/mol. The van der Waals surface area contributed by atoms with Crippen LogP contribution in [0.4, 0.5) is 0 Å². The van der Waals surface area contributed by atoms with E-state index in [1.54, 1.807) is 0 Å². The fraction of sp³-hybridized carbons (Fsp3) is 0.844. The van der Waals surface area contributed by atoms with Gasteiger partial charge in [0.15, 0.2) is 0 Å². The number of hydrazone groups is 1. The molecule has 1 aliphatic heterocycles. The molecule has 0 aromatic carbocycles. The van der Waals surface area contributed by atoms with Gasteiger partial charge in [0.1, 0.15) is 0 Å². The molecule has 6 heteroatoms. The number of rotatable bonds is 5. The van der Waals surface area contributed by atoms with Crippen LogP contribution in [0.25, 0.3) is 0 Å². The zero-order valence-corrected chi connectivity index (χ0v) is 24.9. The van der Waals surface area contributed by atoms with Crippen molar-refractivity contribution in [3.05, 3.63) is 11.6 Å². The maximum Gasteiger partial charge on any atom is 0.316 e. The lowest BCUT2D eigenvalue weighted by atomic mass is 9.46. The van der Waals surface area contributed by atoms with Gasteiger partial charge < -0.3 is 4.74 Å². The number of fused-ring (bicyclic) bond motifs is 5. The quantitative estimate of drug-likeness (QED) is 0.393. The highest BCUT2D eigenvalue weighted by molar-refractivity contribution is 5.94. The lowest BCUT2D eigenvalue weighted by Crippen LogP contribution is -2.56. The second-order valence-electron chi connectivity index (χ2n) is 14.4. The minimum absolute atomic E-state index is 0.142. The first-order valence-corrected chi connectivity index (χ1v) is 15.4. The Morgan fingerprint density at radius 1 is 1.08 bits per heavy atom. The third kappa shape index (κ3) is 4.52. The van der Waals surface area contributed by atoms with Crippen LogP contribution in [0.1, 0.15) is 119 Å². The molecule has 0 unspecified atom stereocenters. The Morgan fingerprint density at radius 2 is 1.84 bits per heavy atom. The lowest BCUT2D eigenvalue weighted by Gasteiger charge is -2.59. The first kappa shape index (κ1) is 27.7. The van der Waals surface area contributed by atoms with Gasteiger partial charge in [0.2, 0.25) is 17.5 Å². The van der Waals surface area contributed by atoms with E-state index in [4.69, 9.17) is 4.74 Å². The number of allylic oxidation sites excluding steroid dienone is 1. The zero-order valence-electron chi connectivity index (χ0n) is 24.9. The molecule has 6 nitrogen and oxygen atoms in total. The van der Waals surface area contributed by atoms with Gasteiger partial charge in [-0.1, -0.05) is 65.5 Å². The molecule has 3 fully saturated rings. The van der Waals surface area contributed by atoms with E-state index in [1.165, 1.54) is 69.4 Å². The SMILES string of the molecule is CC(=O)NC1=NN(C(C)=O)[C@]2(CC[C@@]3(C)C(=CC[C@H]4[C@@H]5CC[C@H]([C@H](C)CCCC(C)C)[C@@]5(C)CC[C@@H]43)C2)O1. The Balaban J connectivity index is 1.33. The summed E-state index contributed by atoms with van der Waals surface area (Å²) in [6, 6.07) is 0.151. The Kier molecular flexibility index (Phi) is 7.26. The minimum Gasteiger partial charge on any atom is -0.435 e. The van der Waals surface area contributed by atoms with Gasteiger partial charge >= 0.3 is 6.02 Å². The molecule has 8 atom stereocenters. The third-order valence-corrected chi connectivity index (χ3v) is 11.8. The lowest BCUT2D eigenvalue weighted by molar-refractivity contribution is -0.156. The standard InChI is InChI=1S/C32H51N3O3/c1-20(2)9-8-10-21(3)26-13-14-27-25-12-11-24-19-32(35(23(5)37)34-29(38-32)33-22(4)36)18-17-30(24,6)28(25)15-16-31(26,27)7/h11,20-21,25-28H,8-10,12-19H2,1-7H3,(H,33,34,36)/t21-,25+,26-,27+,28+,30+,31-,32-/m1/s1. The molecule has 0 bridgehead atoms. The van der Waals surface area contributed by atoms with Gasteiger partial charge in [-0.25, -0.2) is 0 Å². The number of hydrogen-bond donors (Lipinski definition) is 1. The molecule has 0 aromatic rings. The van der Waals surface area contributed by atoms with Crippen LogP contribution in [0.15, 0.2) is 16.8 Å². The summed E-state index contributed by atoms with van der Waals surface area (Å²) in [5, 5.41) is 8.53. The number of ether oxygens (including phenoxy) is 1. The van der Waals surface area contributed by atoms with Crippen LogP contribution >= 0.6 is 0 Å². The summed E-state index contributed by atoms with van der Waals surface area (Å²) < 4.78 is 6.26. The van der Waals surface area contributed by atoms with E-state index >= 15 is 0 Å². The molecule has 4 aliphatic carbocycles. The number of hydrogen-bond acceptors (Lipinski definition) is 4. The minimum atomic E-state index is -0.811. The highest BCUT2D eigenvalue weighted by atomic mass is 16.6. The Morgan fingerprint density at radius 3 is 2.53 bits per heavy atom. The summed E-state index contributed by atoms with van der Waals surface area (Å²) in [4.78, 5) is 24.2. The summed E-state index contributed by atoms with van der Waals surface area (Å²) in [6.07, 6.45) is 15.7. The van der Waals surface area contributed by atoms with Crippen molar-refractivity contribution in [1.29, 1.82) is 0 Å². The molecule has 2 amide bonds. The zero-order chi connectivity index (χ0) is 27.5. The van der Waals surface area contributed by atoms with Crippen LogP contribution in [-0.4, -0.2) is 28.6 Å². The molecule has 5 aliphatic rings. The first-order chi connectivity index (χ1) is 17.9. The van der Waals surface area contributed by atoms with Crippen molar-refractivity contribution in [2.75, 3.05) is 0 Å². The summed E-state index contributed by atoms with van der Waals surface area (Å²) >= 11 is 0. The summed E-state index contributed by atoms with van der Waals surface area (Å²) in [6.45, 7) is 15.4. The number of nitrogens with zero attached hydrogens (tertiary/aromatic N) is 2. The van der Waals surface area contributed by atoms with Crippen LogP contribution in [-0.2, 0) is 14.3 Å². The smallest absolute Gasteiger partial charge is 0.316 e. The van der Waals surface area contributed by atoms with E-state index in [0.717, 1.165) is 48.9 Å². The highest BCUT2D eigenvalue weighted by Gasteiger charge is 2.62. The molecule has 5 rings (SSSR count). The molecule has 0 radical (unpaired) electrons. The molecule has 1 spiro atoms. The van der Waals surface area contributed by atoms with Gasteiger partial charge in [-0.15, -0.1) is 5.10 Å². The first-order valence-electron chi connectivity index (χ1n) is 15.4. The average Bonchev–Trinajstić information content (AvgIpc) is 3.36. The van der Waals surface area contributed by atoms with E-state index < -0.39 is 5.72 Å². The summed E-state index contributed by atoms with van der Waals surface area (Å²) in [5.74, 6) is 4.43. The van der Waals surface area contributed by atoms with Gasteiger partial charge in [0.05, 0.1) is 0 Å². The molecule has 0 saturated heterocycles. The summed E-state index contributed by atoms with van der Waals surface area (Å²) in [5.41, 5.74) is 1.26. The highest BCUT2D eigenvalue weighted by Crippen LogP contribution is 2.68. The Labute approximate surface area is 230 Å². The average molecular weight is 526 g/mol. The van der Waals surface area contributed by atoms with Crippen LogP contribution < -0.4 is 5.32 Å². The number of amides is 2. The van der Waals surface area contributed by atoms with Crippen LogP contribution in [0, 0.1) is 46.3 Å². The molecule has 1 N–H and O–H groups in total. The number of carbonyl (C=O) groups is 2. The van der Waals surface area contributed by atoms with Crippen LogP contribution in [0.3, 0.4) is 0 Å². The maximum atomic E-state index is 12.6. The number of carbonyl (C=O) groups excluding carboxylic acids is 2. The topological polar surface area (TPSA) is 71.0 Å². The molecule has 0 aromatic heterocycles. The van der Waals surface area contributed by atoms with Crippen molar-refractivity contribution in [2.24, 2.45) is 51.4 Å². The van der Waals surface area contributed by atoms with Crippen molar-refractivity contribution in [3.8, 4) is 0 Å². The van der Waals surface area contributed by atoms with E-state index in [-0.39, 0.29) is 23.3 Å². The van der Waals surface area contributed by atoms with Crippen molar-refractivity contribution < 1.29 is 14.3 Å². The third-order valence-electron chi connectivity index (χ3n) is 11.8. The molecule has 1 heterocycles. The van der Waals surface area contributed by atoms with E-state index in [9.17, 15) is 9.59 Å². The van der Waals surface area contributed by atoms with E-state index in [1.807, 2.05) is 0 Å². The van der Waals surface area contributed by atoms with Crippen LogP contribution in [0.5, 0.6) is 0 Å². The molecular weight excluding hydrogens is 474 g/mol. The number of amidine groups is 1. The fourth-order valence-corrected chi connectivity index (χ4v) is 9.89. The van der Waals surface area contributed by atoms with E-state index in [2.05, 4.69) is 51.1 Å². The van der Waals surface area contributed by atoms with Crippen molar-refractivity contribution in [2.45, 2.75) is 125 Å². The number of nitrogens with one attached hydrogen (secondary N) is 1. The Bertz CT molecular complexity index is 1020. The van der Waals surface area contributed by atoms with Crippen LogP contribution in [0.2, 0.25) is 0 Å². The van der Waals surface area contributed by atoms with Crippen molar-refractivity contribution in [3.63, 3.8) is 0 Å².